The molecule has 0 bridgehead atoms. The molecule has 0 aliphatic carbocycles. The maximum absolute atomic E-state index is 12.0. The third-order valence-electron chi connectivity index (χ3n) is 5.53. The number of esters is 1. The van der Waals surface area contributed by atoms with Gasteiger partial charge in [-0.05, 0) is 19.9 Å². The minimum absolute atomic E-state index is 0.151. The smallest absolute Gasteiger partial charge is 0.337 e. The topological polar surface area (TPSA) is 35.5 Å². The molecule has 0 aromatic heterocycles. The molecule has 1 aliphatic rings. The molecule has 1 atom stereocenters. The summed E-state index contributed by atoms with van der Waals surface area (Å²) in [5, 5.41) is 0. The lowest BCUT2D eigenvalue weighted by Gasteiger charge is -2.44. The third-order valence-corrected chi connectivity index (χ3v) is 13.1. The molecule has 0 spiro atoms. The summed E-state index contributed by atoms with van der Waals surface area (Å²) < 4.78 is 11.2. The van der Waals surface area contributed by atoms with Crippen molar-refractivity contribution in [1.82, 2.24) is 0 Å². The molecule has 0 radical (unpaired) electrons. The van der Waals surface area contributed by atoms with Gasteiger partial charge in [0.2, 0.25) is 0 Å². The van der Waals surface area contributed by atoms with Gasteiger partial charge < -0.3 is 9.47 Å². The highest BCUT2D eigenvalue weighted by Crippen LogP contribution is 2.47. The third kappa shape index (κ3) is 3.76. The Morgan fingerprint density at radius 1 is 1.18 bits per heavy atom. The van der Waals surface area contributed by atoms with Gasteiger partial charge in [-0.25, -0.2) is 4.79 Å². The van der Waals surface area contributed by atoms with E-state index in [2.05, 4.69) is 41.5 Å². The Hall–Kier alpha value is -0.773. The van der Waals surface area contributed by atoms with Gasteiger partial charge in [-0.15, -0.1) is 0 Å². The molecule has 128 valence electrons. The van der Waals surface area contributed by atoms with Crippen molar-refractivity contribution in [2.24, 2.45) is 0 Å². The minimum Gasteiger partial charge on any atom is -0.494 e. The number of carbonyl (C=O) groups excluding carboxylic acids is 1. The molecular weight excluding hydrogens is 292 g/mol. The molecule has 0 fully saturated rings. The lowest BCUT2D eigenvalue weighted by Crippen LogP contribution is -2.46. The van der Waals surface area contributed by atoms with Crippen LogP contribution in [0.4, 0.5) is 0 Å². The molecule has 4 heteroatoms. The van der Waals surface area contributed by atoms with Crippen LogP contribution in [0.2, 0.25) is 22.7 Å². The largest absolute Gasteiger partial charge is 0.494 e. The van der Waals surface area contributed by atoms with E-state index in [4.69, 9.17) is 9.47 Å². The normalized spacial score (nSPS) is 19.3. The van der Waals surface area contributed by atoms with E-state index in [-0.39, 0.29) is 12.1 Å². The zero-order valence-electron chi connectivity index (χ0n) is 15.7. The number of ether oxygens (including phenoxy) is 2. The Labute approximate surface area is 137 Å². The summed E-state index contributed by atoms with van der Waals surface area (Å²) in [5.74, 6) is 0.566. The number of rotatable bonds is 7. The molecule has 1 aliphatic heterocycles. The van der Waals surface area contributed by atoms with E-state index < -0.39 is 8.07 Å². The monoisotopic (exact) mass is 326 g/mol. The van der Waals surface area contributed by atoms with E-state index in [0.717, 1.165) is 17.4 Å². The minimum atomic E-state index is -1.51. The molecule has 0 amide bonds. The van der Waals surface area contributed by atoms with Crippen LogP contribution in [0.25, 0.3) is 0 Å². The van der Waals surface area contributed by atoms with Gasteiger partial charge >= 0.3 is 5.97 Å². The Balaban J connectivity index is 2.89. The number of hydrogen-bond donors (Lipinski definition) is 0. The van der Waals surface area contributed by atoms with E-state index >= 15 is 0 Å². The van der Waals surface area contributed by atoms with Gasteiger partial charge in [0, 0.05) is 6.42 Å². The highest BCUT2D eigenvalue weighted by atomic mass is 28.3. The molecule has 0 saturated heterocycles. The maximum atomic E-state index is 12.0. The Morgan fingerprint density at radius 3 is 2.09 bits per heavy atom. The van der Waals surface area contributed by atoms with Gasteiger partial charge in [-0.1, -0.05) is 58.2 Å². The molecule has 0 saturated carbocycles. The quantitative estimate of drug-likeness (QED) is 0.471. The molecule has 0 aromatic carbocycles. The van der Waals surface area contributed by atoms with E-state index in [1.807, 2.05) is 13.8 Å². The standard InChI is InChI=1S/C18H34O3Si/c1-9-20-18(19)17-10-16(21-15(17)8)11-22(12(2)3,13(4)5)14(6)7/h12-14,16H,9-11H2,1-8H3. The Bertz CT molecular complexity index is 402. The summed E-state index contributed by atoms with van der Waals surface area (Å²) in [6, 6.07) is 1.13. The van der Waals surface area contributed by atoms with Crippen LogP contribution < -0.4 is 0 Å². The fourth-order valence-corrected chi connectivity index (χ4v) is 10.8. The molecule has 22 heavy (non-hydrogen) atoms. The summed E-state index contributed by atoms with van der Waals surface area (Å²) in [6.07, 6.45) is 0.865. The van der Waals surface area contributed by atoms with Crippen LogP contribution in [-0.2, 0) is 14.3 Å². The van der Waals surface area contributed by atoms with Crippen molar-refractivity contribution in [3.05, 3.63) is 11.3 Å². The molecule has 0 N–H and O–H groups in total. The highest BCUT2D eigenvalue weighted by molar-refractivity contribution is 6.83. The lowest BCUT2D eigenvalue weighted by molar-refractivity contribution is -0.138. The summed E-state index contributed by atoms with van der Waals surface area (Å²) in [4.78, 5) is 12.0. The zero-order chi connectivity index (χ0) is 17.1. The van der Waals surface area contributed by atoms with Crippen molar-refractivity contribution in [2.45, 2.75) is 90.6 Å². The van der Waals surface area contributed by atoms with Crippen molar-refractivity contribution < 1.29 is 14.3 Å². The average Bonchev–Trinajstić information content (AvgIpc) is 2.75. The van der Waals surface area contributed by atoms with E-state index in [1.165, 1.54) is 0 Å². The fourth-order valence-electron chi connectivity index (χ4n) is 4.39. The predicted molar refractivity (Wildman–Crippen MR) is 94.7 cm³/mol. The van der Waals surface area contributed by atoms with Gasteiger partial charge in [-0.2, -0.15) is 0 Å². The lowest BCUT2D eigenvalue weighted by atomic mass is 10.1. The van der Waals surface area contributed by atoms with E-state index in [1.54, 1.807) is 0 Å². The van der Waals surface area contributed by atoms with Crippen molar-refractivity contribution >= 4 is 14.0 Å². The van der Waals surface area contributed by atoms with Crippen molar-refractivity contribution in [2.75, 3.05) is 6.61 Å². The second-order valence-corrected chi connectivity index (χ2v) is 13.6. The van der Waals surface area contributed by atoms with E-state index in [0.29, 0.717) is 29.7 Å². The number of carbonyl (C=O) groups is 1. The van der Waals surface area contributed by atoms with Crippen molar-refractivity contribution in [3.63, 3.8) is 0 Å². The Kier molecular flexibility index (Phi) is 6.72. The molecule has 1 rings (SSSR count). The second kappa shape index (κ2) is 7.67. The van der Waals surface area contributed by atoms with Gasteiger partial charge in [0.25, 0.3) is 0 Å². The Morgan fingerprint density at radius 2 is 1.68 bits per heavy atom. The number of hydrogen-bond acceptors (Lipinski definition) is 3. The van der Waals surface area contributed by atoms with Gasteiger partial charge in [-0.3, -0.25) is 0 Å². The zero-order valence-corrected chi connectivity index (χ0v) is 16.7. The van der Waals surface area contributed by atoms with Crippen LogP contribution in [-0.4, -0.2) is 26.8 Å². The van der Waals surface area contributed by atoms with Gasteiger partial charge in [0.15, 0.2) is 0 Å². The van der Waals surface area contributed by atoms with Crippen LogP contribution in [0.5, 0.6) is 0 Å². The summed E-state index contributed by atoms with van der Waals surface area (Å²) >= 11 is 0. The maximum Gasteiger partial charge on any atom is 0.337 e. The van der Waals surface area contributed by atoms with Crippen LogP contribution in [0.1, 0.15) is 61.8 Å². The summed E-state index contributed by atoms with van der Waals surface area (Å²) in [6.45, 7) is 18.4. The van der Waals surface area contributed by atoms with Crippen molar-refractivity contribution in [3.8, 4) is 0 Å². The first kappa shape index (κ1) is 19.3. The first-order chi connectivity index (χ1) is 10.2. The molecule has 1 heterocycles. The van der Waals surface area contributed by atoms with Gasteiger partial charge in [0.05, 0.1) is 20.3 Å². The van der Waals surface area contributed by atoms with Crippen LogP contribution >= 0.6 is 0 Å². The summed E-state index contributed by atoms with van der Waals surface area (Å²) in [7, 11) is -1.51. The van der Waals surface area contributed by atoms with Crippen LogP contribution in [0.3, 0.4) is 0 Å². The van der Waals surface area contributed by atoms with Gasteiger partial charge in [0.1, 0.15) is 11.9 Å². The molecule has 3 nitrogen and oxygen atoms in total. The molecular formula is C18H34O3Si. The highest BCUT2D eigenvalue weighted by Gasteiger charge is 2.46. The average molecular weight is 327 g/mol. The SMILES string of the molecule is CCOC(=O)C1=C(C)OC(C[Si](C(C)C)(C(C)C)C(C)C)C1. The summed E-state index contributed by atoms with van der Waals surface area (Å²) in [5.41, 5.74) is 2.88. The molecule has 1 unspecified atom stereocenters. The molecule has 0 aromatic rings. The number of allylic oxidation sites excluding steroid dienone is 1. The van der Waals surface area contributed by atoms with Crippen LogP contribution in [0, 0.1) is 0 Å². The second-order valence-electron chi connectivity index (χ2n) is 7.48. The fraction of sp³-hybridized carbons (Fsp3) is 0.833. The van der Waals surface area contributed by atoms with Crippen molar-refractivity contribution in [1.29, 1.82) is 0 Å². The first-order valence-electron chi connectivity index (χ1n) is 8.70. The predicted octanol–water partition coefficient (Wildman–Crippen LogP) is 5.29. The van der Waals surface area contributed by atoms with Crippen LogP contribution in [0.15, 0.2) is 11.3 Å². The van der Waals surface area contributed by atoms with E-state index in [9.17, 15) is 4.79 Å². The first-order valence-corrected chi connectivity index (χ1v) is 11.1.